The molecule has 13 heavy (non-hydrogen) atoms. The Labute approximate surface area is 79.5 Å². The molecule has 3 nitrogen and oxygen atoms in total. The summed E-state index contributed by atoms with van der Waals surface area (Å²) >= 11 is 0. The fourth-order valence-electron chi connectivity index (χ4n) is 1.75. The van der Waals surface area contributed by atoms with Gasteiger partial charge in [0.15, 0.2) is 0 Å². The van der Waals surface area contributed by atoms with E-state index in [2.05, 4.69) is 40.8 Å². The van der Waals surface area contributed by atoms with Crippen molar-refractivity contribution in [2.45, 2.75) is 13.1 Å². The van der Waals surface area contributed by atoms with E-state index in [1.807, 2.05) is 0 Å². The van der Waals surface area contributed by atoms with Crippen molar-refractivity contribution in [2.75, 3.05) is 26.2 Å². The Bertz CT molecular complexity index is 226. The third kappa shape index (κ3) is 2.11. The Morgan fingerprint density at radius 2 is 2.15 bits per heavy atom. The van der Waals surface area contributed by atoms with Crippen LogP contribution in [-0.2, 0) is 0 Å². The Balaban J connectivity index is 1.91. The zero-order valence-corrected chi connectivity index (χ0v) is 8.09. The summed E-state index contributed by atoms with van der Waals surface area (Å²) in [5, 5.41) is 6.74. The number of rotatable bonds is 1. The van der Waals surface area contributed by atoms with E-state index in [0.717, 1.165) is 26.2 Å². The van der Waals surface area contributed by atoms with Crippen LogP contribution in [0.25, 0.3) is 0 Å². The highest BCUT2D eigenvalue weighted by Gasteiger charge is 2.17. The Morgan fingerprint density at radius 1 is 1.38 bits per heavy atom. The second-order valence-electron chi connectivity index (χ2n) is 3.64. The van der Waals surface area contributed by atoms with Crippen LogP contribution in [-0.4, -0.2) is 37.2 Å². The van der Waals surface area contributed by atoms with Crippen LogP contribution in [0.2, 0.25) is 0 Å². The molecule has 0 aromatic heterocycles. The van der Waals surface area contributed by atoms with Crippen LogP contribution >= 0.6 is 0 Å². The van der Waals surface area contributed by atoms with Crippen molar-refractivity contribution in [2.24, 2.45) is 0 Å². The van der Waals surface area contributed by atoms with Gasteiger partial charge in [-0.2, -0.15) is 0 Å². The quantitative estimate of drug-likeness (QED) is 0.605. The maximum Gasteiger partial charge on any atom is 0.0985 e. The van der Waals surface area contributed by atoms with Crippen molar-refractivity contribution in [3.05, 3.63) is 23.9 Å². The molecule has 0 saturated carbocycles. The number of hydrogen-bond acceptors (Lipinski definition) is 3. The average Bonchev–Trinajstić information content (AvgIpc) is 2.20. The van der Waals surface area contributed by atoms with E-state index >= 15 is 0 Å². The van der Waals surface area contributed by atoms with Gasteiger partial charge in [0.2, 0.25) is 0 Å². The van der Waals surface area contributed by atoms with Gasteiger partial charge in [-0.25, -0.2) is 0 Å². The first-order valence-corrected chi connectivity index (χ1v) is 4.92. The van der Waals surface area contributed by atoms with E-state index in [1.54, 1.807) is 0 Å². The molecule has 2 aliphatic heterocycles. The van der Waals surface area contributed by atoms with Crippen molar-refractivity contribution in [3.63, 3.8) is 0 Å². The van der Waals surface area contributed by atoms with Gasteiger partial charge in [0, 0.05) is 32.4 Å². The van der Waals surface area contributed by atoms with Gasteiger partial charge < -0.3 is 10.6 Å². The van der Waals surface area contributed by atoms with E-state index in [0.29, 0.717) is 6.17 Å². The fraction of sp³-hybridized carbons (Fsp3) is 0.600. The van der Waals surface area contributed by atoms with Gasteiger partial charge in [0.05, 0.1) is 6.17 Å². The third-order valence-electron chi connectivity index (χ3n) is 2.57. The molecule has 1 atom stereocenters. The molecule has 0 aliphatic carbocycles. The lowest BCUT2D eigenvalue weighted by Crippen LogP contribution is -2.52. The fourth-order valence-corrected chi connectivity index (χ4v) is 1.75. The smallest absolute Gasteiger partial charge is 0.0985 e. The highest BCUT2D eigenvalue weighted by atomic mass is 15.3. The van der Waals surface area contributed by atoms with Crippen LogP contribution < -0.4 is 10.6 Å². The molecule has 2 rings (SSSR count). The number of nitrogens with zero attached hydrogens (tertiary/aromatic N) is 1. The monoisotopic (exact) mass is 179 g/mol. The lowest BCUT2D eigenvalue weighted by Gasteiger charge is -2.34. The second-order valence-corrected chi connectivity index (χ2v) is 3.64. The van der Waals surface area contributed by atoms with Gasteiger partial charge in [0.25, 0.3) is 0 Å². The summed E-state index contributed by atoms with van der Waals surface area (Å²) in [4.78, 5) is 2.45. The molecule has 3 heteroatoms. The van der Waals surface area contributed by atoms with Gasteiger partial charge in [-0.05, 0) is 18.6 Å². The minimum absolute atomic E-state index is 0.408. The molecular weight excluding hydrogens is 162 g/mol. The van der Waals surface area contributed by atoms with E-state index in [1.165, 1.54) is 5.57 Å². The SMILES string of the molecule is CC1=CNC(N2CCNCC2)C=C1. The largest absolute Gasteiger partial charge is 0.372 e. The second kappa shape index (κ2) is 3.94. The van der Waals surface area contributed by atoms with Crippen LogP contribution in [0.1, 0.15) is 6.92 Å². The molecule has 72 valence electrons. The van der Waals surface area contributed by atoms with E-state index in [4.69, 9.17) is 0 Å². The van der Waals surface area contributed by atoms with Gasteiger partial charge in [-0.3, -0.25) is 4.90 Å². The number of allylic oxidation sites excluding steroid dienone is 2. The van der Waals surface area contributed by atoms with E-state index in [9.17, 15) is 0 Å². The summed E-state index contributed by atoms with van der Waals surface area (Å²) in [6, 6.07) is 0. The van der Waals surface area contributed by atoms with Crippen LogP contribution in [0.3, 0.4) is 0 Å². The highest BCUT2D eigenvalue weighted by molar-refractivity contribution is 5.21. The highest BCUT2D eigenvalue weighted by Crippen LogP contribution is 2.07. The number of hydrogen-bond donors (Lipinski definition) is 2. The molecule has 2 heterocycles. The average molecular weight is 179 g/mol. The van der Waals surface area contributed by atoms with Crippen molar-refractivity contribution >= 4 is 0 Å². The molecule has 0 aromatic carbocycles. The molecule has 1 fully saturated rings. The standard InChI is InChI=1S/C10H17N3/c1-9-2-3-10(12-8-9)13-6-4-11-5-7-13/h2-3,8,10-12H,4-7H2,1H3. The predicted molar refractivity (Wildman–Crippen MR) is 54.3 cm³/mol. The van der Waals surface area contributed by atoms with Crippen LogP contribution in [0.15, 0.2) is 23.9 Å². The first-order chi connectivity index (χ1) is 6.36. The van der Waals surface area contributed by atoms with Crippen LogP contribution in [0.4, 0.5) is 0 Å². The topological polar surface area (TPSA) is 27.3 Å². The summed E-state index contributed by atoms with van der Waals surface area (Å²) in [5.74, 6) is 0. The molecule has 0 spiro atoms. The summed E-state index contributed by atoms with van der Waals surface area (Å²) in [5.41, 5.74) is 1.30. The molecular formula is C10H17N3. The normalized spacial score (nSPS) is 29.6. The number of nitrogens with one attached hydrogen (secondary N) is 2. The van der Waals surface area contributed by atoms with Gasteiger partial charge in [0.1, 0.15) is 0 Å². The first-order valence-electron chi connectivity index (χ1n) is 4.92. The molecule has 0 amide bonds. The van der Waals surface area contributed by atoms with Crippen molar-refractivity contribution in [1.82, 2.24) is 15.5 Å². The molecule has 0 radical (unpaired) electrons. The zero-order chi connectivity index (χ0) is 9.10. The lowest BCUT2D eigenvalue weighted by molar-refractivity contribution is 0.186. The molecule has 0 aromatic rings. The van der Waals surface area contributed by atoms with Crippen LogP contribution in [0, 0.1) is 0 Å². The Hall–Kier alpha value is -0.800. The Morgan fingerprint density at radius 3 is 2.77 bits per heavy atom. The molecule has 2 aliphatic rings. The zero-order valence-electron chi connectivity index (χ0n) is 8.09. The summed E-state index contributed by atoms with van der Waals surface area (Å²) in [6.07, 6.45) is 6.92. The molecule has 2 N–H and O–H groups in total. The van der Waals surface area contributed by atoms with Crippen molar-refractivity contribution in [1.29, 1.82) is 0 Å². The minimum Gasteiger partial charge on any atom is -0.372 e. The number of piperazine rings is 1. The first kappa shape index (κ1) is 8.78. The number of dihydropyridines is 1. The Kier molecular flexibility index (Phi) is 2.66. The molecule has 1 unspecified atom stereocenters. The molecule has 1 saturated heterocycles. The van der Waals surface area contributed by atoms with Gasteiger partial charge in [-0.15, -0.1) is 0 Å². The summed E-state index contributed by atoms with van der Waals surface area (Å²) in [6.45, 7) is 6.59. The maximum atomic E-state index is 3.39. The van der Waals surface area contributed by atoms with E-state index in [-0.39, 0.29) is 0 Å². The van der Waals surface area contributed by atoms with Crippen molar-refractivity contribution < 1.29 is 0 Å². The maximum absolute atomic E-state index is 3.39. The van der Waals surface area contributed by atoms with Crippen LogP contribution in [0.5, 0.6) is 0 Å². The van der Waals surface area contributed by atoms with E-state index < -0.39 is 0 Å². The van der Waals surface area contributed by atoms with Crippen molar-refractivity contribution in [3.8, 4) is 0 Å². The molecule has 0 bridgehead atoms. The van der Waals surface area contributed by atoms with Gasteiger partial charge >= 0.3 is 0 Å². The lowest BCUT2D eigenvalue weighted by atomic mass is 10.2. The summed E-state index contributed by atoms with van der Waals surface area (Å²) in [7, 11) is 0. The minimum atomic E-state index is 0.408. The third-order valence-corrected chi connectivity index (χ3v) is 2.57. The predicted octanol–water partition coefficient (Wildman–Crippen LogP) is 0.281. The summed E-state index contributed by atoms with van der Waals surface area (Å²) < 4.78 is 0. The van der Waals surface area contributed by atoms with Gasteiger partial charge in [-0.1, -0.05) is 6.08 Å².